The first-order valence-electron chi connectivity index (χ1n) is 7.60. The third kappa shape index (κ3) is 3.55. The van der Waals surface area contributed by atoms with Crippen molar-refractivity contribution in [2.45, 2.75) is 6.92 Å². The van der Waals surface area contributed by atoms with Crippen molar-refractivity contribution in [3.05, 3.63) is 84.4 Å². The molecule has 2 nitrogen and oxygen atoms in total. The van der Waals surface area contributed by atoms with Crippen molar-refractivity contribution in [3.8, 4) is 5.75 Å². The molecule has 0 bridgehead atoms. The molecule has 0 aromatic heterocycles. The Balaban J connectivity index is 2.07. The van der Waals surface area contributed by atoms with Crippen molar-refractivity contribution in [1.82, 2.24) is 0 Å². The number of para-hydroxylation sites is 2. The van der Waals surface area contributed by atoms with Gasteiger partial charge in [0, 0.05) is 16.3 Å². The molecule has 0 saturated carbocycles. The van der Waals surface area contributed by atoms with Gasteiger partial charge >= 0.3 is 0 Å². The number of methoxy groups -OCH3 is 1. The molecule has 3 heteroatoms. The van der Waals surface area contributed by atoms with E-state index in [9.17, 15) is 0 Å². The number of anilines is 1. The summed E-state index contributed by atoms with van der Waals surface area (Å²) in [6.45, 7) is 2.09. The highest BCUT2D eigenvalue weighted by atomic mass is 31.1. The van der Waals surface area contributed by atoms with Crippen LogP contribution in [-0.4, -0.2) is 7.11 Å². The molecule has 0 saturated heterocycles. The second-order valence-corrected chi connectivity index (χ2v) is 7.17. The van der Waals surface area contributed by atoms with Gasteiger partial charge in [0.25, 0.3) is 0 Å². The van der Waals surface area contributed by atoms with E-state index >= 15 is 0 Å². The molecular weight excluding hydrogens is 301 g/mol. The van der Waals surface area contributed by atoms with Crippen LogP contribution in [0.1, 0.15) is 5.56 Å². The van der Waals surface area contributed by atoms with Crippen molar-refractivity contribution in [2.24, 2.45) is 0 Å². The first-order valence-corrected chi connectivity index (χ1v) is 8.94. The molecule has 3 rings (SSSR count). The minimum atomic E-state index is -0.745. The van der Waals surface area contributed by atoms with E-state index < -0.39 is 8.07 Å². The van der Waals surface area contributed by atoms with E-state index in [1.54, 1.807) is 7.11 Å². The second kappa shape index (κ2) is 7.30. The van der Waals surface area contributed by atoms with Crippen LogP contribution in [0.3, 0.4) is 0 Å². The number of nitrogens with one attached hydrogen (secondary N) is 1. The van der Waals surface area contributed by atoms with Gasteiger partial charge in [-0.15, -0.1) is 0 Å². The number of benzene rings is 3. The Morgan fingerprint density at radius 3 is 2.09 bits per heavy atom. The molecule has 3 aromatic rings. The summed E-state index contributed by atoms with van der Waals surface area (Å²) in [5.41, 5.74) is 2.27. The summed E-state index contributed by atoms with van der Waals surface area (Å²) in [5, 5.41) is 6.18. The highest BCUT2D eigenvalue weighted by molar-refractivity contribution is 7.74. The normalized spacial score (nSPS) is 11.7. The van der Waals surface area contributed by atoms with Crippen LogP contribution < -0.4 is 20.4 Å². The van der Waals surface area contributed by atoms with Crippen molar-refractivity contribution >= 4 is 24.4 Å². The van der Waals surface area contributed by atoms with Gasteiger partial charge in [-0.2, -0.15) is 0 Å². The molecule has 1 unspecified atom stereocenters. The molecule has 3 aromatic carbocycles. The number of rotatable bonds is 5. The van der Waals surface area contributed by atoms with Crippen LogP contribution in [0.15, 0.2) is 78.9 Å². The number of hydrogen-bond donors (Lipinski definition) is 1. The lowest BCUT2D eigenvalue weighted by molar-refractivity contribution is 0.415. The van der Waals surface area contributed by atoms with Crippen LogP contribution in [0.4, 0.5) is 5.69 Å². The van der Waals surface area contributed by atoms with Gasteiger partial charge in [-0.25, -0.2) is 0 Å². The summed E-state index contributed by atoms with van der Waals surface area (Å²) in [7, 11) is 0.998. The van der Waals surface area contributed by atoms with E-state index in [4.69, 9.17) is 4.74 Å². The molecule has 1 N–H and O–H groups in total. The number of ether oxygens (including phenoxy) is 1. The number of aryl methyl sites for hydroxylation is 1. The summed E-state index contributed by atoms with van der Waals surface area (Å²) in [6, 6.07) is 27.2. The number of hydrogen-bond acceptors (Lipinski definition) is 2. The zero-order chi connectivity index (χ0) is 16.1. The van der Waals surface area contributed by atoms with E-state index in [2.05, 4.69) is 66.6 Å². The molecule has 116 valence electrons. The highest BCUT2D eigenvalue weighted by Gasteiger charge is 2.19. The monoisotopic (exact) mass is 321 g/mol. The summed E-state index contributed by atoms with van der Waals surface area (Å²) >= 11 is 0. The molecule has 0 aliphatic rings. The fraction of sp³-hybridized carbons (Fsp3) is 0.100. The van der Waals surface area contributed by atoms with Gasteiger partial charge in [0.05, 0.1) is 15.2 Å². The Kier molecular flexibility index (Phi) is 4.95. The van der Waals surface area contributed by atoms with Crippen molar-refractivity contribution in [1.29, 1.82) is 0 Å². The molecule has 0 heterocycles. The van der Waals surface area contributed by atoms with Gasteiger partial charge in [-0.1, -0.05) is 60.7 Å². The van der Waals surface area contributed by atoms with E-state index in [1.807, 2.05) is 24.3 Å². The summed E-state index contributed by atoms with van der Waals surface area (Å²) in [4.78, 5) is 0. The van der Waals surface area contributed by atoms with E-state index in [0.717, 1.165) is 17.0 Å². The summed E-state index contributed by atoms with van der Waals surface area (Å²) in [6.07, 6.45) is 0. The van der Waals surface area contributed by atoms with Gasteiger partial charge in [0.1, 0.15) is 5.75 Å². The topological polar surface area (TPSA) is 21.3 Å². The average Bonchev–Trinajstić information content (AvgIpc) is 2.61. The van der Waals surface area contributed by atoms with Crippen LogP contribution in [0.2, 0.25) is 0 Å². The SMILES string of the molecule is COc1c(C)cccc1P(Nc1ccccc1)c1ccccc1. The average molecular weight is 321 g/mol. The molecule has 23 heavy (non-hydrogen) atoms. The van der Waals surface area contributed by atoms with Gasteiger partial charge in [0.15, 0.2) is 0 Å². The Morgan fingerprint density at radius 1 is 0.783 bits per heavy atom. The summed E-state index contributed by atoms with van der Waals surface area (Å²) < 4.78 is 5.69. The van der Waals surface area contributed by atoms with Gasteiger partial charge < -0.3 is 9.82 Å². The third-order valence-electron chi connectivity index (χ3n) is 3.67. The molecule has 0 spiro atoms. The maximum Gasteiger partial charge on any atom is 0.131 e. The van der Waals surface area contributed by atoms with E-state index in [-0.39, 0.29) is 0 Å². The second-order valence-electron chi connectivity index (χ2n) is 5.28. The third-order valence-corrected chi connectivity index (χ3v) is 5.80. The van der Waals surface area contributed by atoms with Crippen LogP contribution in [-0.2, 0) is 0 Å². The Labute approximate surface area is 138 Å². The lowest BCUT2D eigenvalue weighted by Gasteiger charge is -2.23. The maximum atomic E-state index is 5.69. The Bertz CT molecular complexity index is 759. The lowest BCUT2D eigenvalue weighted by Crippen LogP contribution is -2.19. The van der Waals surface area contributed by atoms with Crippen LogP contribution >= 0.6 is 8.07 Å². The Morgan fingerprint density at radius 2 is 1.43 bits per heavy atom. The van der Waals surface area contributed by atoms with Crippen molar-refractivity contribution in [3.63, 3.8) is 0 Å². The smallest absolute Gasteiger partial charge is 0.131 e. The molecule has 0 amide bonds. The zero-order valence-electron chi connectivity index (χ0n) is 13.4. The van der Waals surface area contributed by atoms with Crippen LogP contribution in [0.5, 0.6) is 5.75 Å². The van der Waals surface area contributed by atoms with Crippen molar-refractivity contribution in [2.75, 3.05) is 12.2 Å². The first-order chi connectivity index (χ1) is 11.3. The van der Waals surface area contributed by atoms with Crippen LogP contribution in [0.25, 0.3) is 0 Å². The highest BCUT2D eigenvalue weighted by Crippen LogP contribution is 2.38. The van der Waals surface area contributed by atoms with E-state index in [0.29, 0.717) is 0 Å². The standard InChI is InChI=1S/C20H20NOP/c1-16-10-9-15-19(20(16)22-2)23(18-13-7-4-8-14-18)21-17-11-5-3-6-12-17/h3-15,21H,1-2H3. The lowest BCUT2D eigenvalue weighted by atomic mass is 10.2. The van der Waals surface area contributed by atoms with Crippen molar-refractivity contribution < 1.29 is 4.74 Å². The minimum Gasteiger partial charge on any atom is -0.496 e. The molecule has 1 atom stereocenters. The molecule has 0 radical (unpaired) electrons. The van der Waals surface area contributed by atoms with Crippen LogP contribution in [0, 0.1) is 6.92 Å². The zero-order valence-corrected chi connectivity index (χ0v) is 14.3. The fourth-order valence-electron chi connectivity index (χ4n) is 2.56. The predicted molar refractivity (Wildman–Crippen MR) is 100 cm³/mol. The molecule has 0 aliphatic heterocycles. The quantitative estimate of drug-likeness (QED) is 0.700. The summed E-state index contributed by atoms with van der Waals surface area (Å²) in [5.74, 6) is 0.964. The maximum absolute atomic E-state index is 5.69. The predicted octanol–water partition coefficient (Wildman–Crippen LogP) is 4.46. The fourth-order valence-corrected chi connectivity index (χ4v) is 4.67. The van der Waals surface area contributed by atoms with Gasteiger partial charge in [-0.3, -0.25) is 0 Å². The first kappa shape index (κ1) is 15.6. The molecule has 0 fully saturated rings. The van der Waals surface area contributed by atoms with Gasteiger partial charge in [0.2, 0.25) is 0 Å². The van der Waals surface area contributed by atoms with Gasteiger partial charge in [-0.05, 0) is 30.7 Å². The Hall–Kier alpha value is -2.31. The molecular formula is C20H20NOP. The van der Waals surface area contributed by atoms with E-state index in [1.165, 1.54) is 10.6 Å². The largest absolute Gasteiger partial charge is 0.496 e. The minimum absolute atomic E-state index is 0.745. The molecule has 0 aliphatic carbocycles.